The van der Waals surface area contributed by atoms with E-state index in [1.165, 1.54) is 0 Å². The number of hydrogen-bond donors (Lipinski definition) is 4. The first-order valence-electron chi connectivity index (χ1n) is 14.2. The Morgan fingerprint density at radius 1 is 0.977 bits per heavy atom. The highest BCUT2D eigenvalue weighted by Gasteiger charge is 2.35. The summed E-state index contributed by atoms with van der Waals surface area (Å²) in [6.07, 6.45) is -0.100. The fourth-order valence-corrected chi connectivity index (χ4v) is 5.79. The van der Waals surface area contributed by atoms with Gasteiger partial charge in [-0.2, -0.15) is 0 Å². The summed E-state index contributed by atoms with van der Waals surface area (Å²) in [6.45, 7) is 1.77. The van der Waals surface area contributed by atoms with Crippen LogP contribution in [0.3, 0.4) is 0 Å². The van der Waals surface area contributed by atoms with E-state index in [0.29, 0.717) is 67.2 Å². The van der Waals surface area contributed by atoms with Crippen molar-refractivity contribution in [2.45, 2.75) is 25.0 Å². The molecule has 1 aliphatic heterocycles. The summed E-state index contributed by atoms with van der Waals surface area (Å²) in [5.41, 5.74) is 3.84. The topological polar surface area (TPSA) is 118 Å². The average Bonchev–Trinajstić information content (AvgIpc) is 3.36. The maximum Gasteiger partial charge on any atom is 0.416 e. The third-order valence-electron chi connectivity index (χ3n) is 7.56. The van der Waals surface area contributed by atoms with Gasteiger partial charge in [0.2, 0.25) is 0 Å². The largest absolute Gasteiger partial charge is 0.493 e. The minimum absolute atomic E-state index is 0.0411. The molecule has 43 heavy (non-hydrogen) atoms. The van der Waals surface area contributed by atoms with Crippen molar-refractivity contribution in [2.24, 2.45) is 0 Å². The Hall–Kier alpha value is -3.31. The van der Waals surface area contributed by atoms with Crippen molar-refractivity contribution in [3.8, 4) is 11.5 Å². The van der Waals surface area contributed by atoms with Crippen molar-refractivity contribution in [3.05, 3.63) is 93.6 Å². The standard InChI is InChI=1S/C32H35Cl2N3O6/c33-22-3-8-26(9-4-22)43-32(41)37-13-11-27-28-19-23(34)5-10-29(28)35-30(27)31(37)21-1-6-25(7-2-21)42-18-12-24(40)20-36(14-16-38)15-17-39/h1-10,19,24,31,35,38-40H,11-18,20H2. The van der Waals surface area contributed by atoms with Gasteiger partial charge in [-0.15, -0.1) is 0 Å². The lowest BCUT2D eigenvalue weighted by molar-refractivity contribution is 0.0731. The highest BCUT2D eigenvalue weighted by molar-refractivity contribution is 6.31. The van der Waals surface area contributed by atoms with Crippen molar-refractivity contribution in [3.63, 3.8) is 0 Å². The molecule has 0 saturated heterocycles. The number of halogens is 2. The first-order chi connectivity index (χ1) is 20.9. The summed E-state index contributed by atoms with van der Waals surface area (Å²) in [5, 5.41) is 31.0. The smallest absolute Gasteiger partial charge is 0.416 e. The Morgan fingerprint density at radius 2 is 1.65 bits per heavy atom. The zero-order valence-corrected chi connectivity index (χ0v) is 25.1. The zero-order valence-electron chi connectivity index (χ0n) is 23.6. The summed E-state index contributed by atoms with van der Waals surface area (Å²) < 4.78 is 11.6. The van der Waals surface area contributed by atoms with Crippen molar-refractivity contribution >= 4 is 40.2 Å². The predicted molar refractivity (Wildman–Crippen MR) is 166 cm³/mol. The first-order valence-corrected chi connectivity index (χ1v) is 15.0. The van der Waals surface area contributed by atoms with Gasteiger partial charge >= 0.3 is 6.09 Å². The number of amides is 1. The average molecular weight is 629 g/mol. The molecule has 0 saturated carbocycles. The lowest BCUT2D eigenvalue weighted by atomic mass is 9.92. The molecule has 2 heterocycles. The van der Waals surface area contributed by atoms with Crippen LogP contribution in [0.2, 0.25) is 10.0 Å². The number of aromatic amines is 1. The monoisotopic (exact) mass is 627 g/mol. The minimum atomic E-state index is -0.659. The fraction of sp³-hybridized carbons (Fsp3) is 0.344. The molecule has 1 aliphatic rings. The van der Waals surface area contributed by atoms with Crippen LogP contribution >= 0.6 is 23.2 Å². The Balaban J connectivity index is 1.33. The van der Waals surface area contributed by atoms with E-state index >= 15 is 0 Å². The number of benzene rings is 3. The van der Waals surface area contributed by atoms with E-state index in [-0.39, 0.29) is 13.2 Å². The highest BCUT2D eigenvalue weighted by Crippen LogP contribution is 2.40. The Bertz CT molecular complexity index is 1510. The summed E-state index contributed by atoms with van der Waals surface area (Å²) in [7, 11) is 0. The van der Waals surface area contributed by atoms with Gasteiger partial charge in [0.1, 0.15) is 17.5 Å². The molecule has 1 amide bonds. The molecule has 2 atom stereocenters. The third kappa shape index (κ3) is 7.62. The number of carbonyl (C=O) groups excluding carboxylic acids is 1. The van der Waals surface area contributed by atoms with E-state index in [9.17, 15) is 20.1 Å². The molecule has 9 nitrogen and oxygen atoms in total. The number of H-pyrrole nitrogens is 1. The SMILES string of the molecule is O=C(Oc1ccc(Cl)cc1)N1CCc2c([nH]c3ccc(Cl)cc23)C1c1ccc(OCCC(O)CN(CCO)CCO)cc1. The van der Waals surface area contributed by atoms with Gasteiger partial charge in [-0.25, -0.2) is 4.79 Å². The van der Waals surface area contributed by atoms with Crippen LogP contribution in [0.15, 0.2) is 66.7 Å². The van der Waals surface area contributed by atoms with Gasteiger partial charge in [0, 0.05) is 59.2 Å². The zero-order chi connectivity index (χ0) is 30.3. The maximum absolute atomic E-state index is 13.5. The molecule has 0 radical (unpaired) electrons. The minimum Gasteiger partial charge on any atom is -0.493 e. The normalized spacial score (nSPS) is 15.5. The summed E-state index contributed by atoms with van der Waals surface area (Å²) >= 11 is 12.3. The molecule has 11 heteroatoms. The molecule has 4 N–H and O–H groups in total. The summed E-state index contributed by atoms with van der Waals surface area (Å²) in [5.74, 6) is 1.04. The van der Waals surface area contributed by atoms with Crippen LogP contribution in [0, 0.1) is 0 Å². The number of carbonyl (C=O) groups is 1. The number of aliphatic hydroxyl groups is 3. The Kier molecular flexibility index (Phi) is 10.5. The molecule has 3 aromatic carbocycles. The molecule has 0 aliphatic carbocycles. The number of fused-ring (bicyclic) bond motifs is 3. The van der Waals surface area contributed by atoms with E-state index in [1.807, 2.05) is 42.5 Å². The number of nitrogens with zero attached hydrogens (tertiary/aromatic N) is 2. The number of aromatic nitrogens is 1. The molecular weight excluding hydrogens is 593 g/mol. The van der Waals surface area contributed by atoms with Gasteiger partial charge in [-0.05, 0) is 72.1 Å². The fourth-order valence-electron chi connectivity index (χ4n) is 5.49. The predicted octanol–water partition coefficient (Wildman–Crippen LogP) is 5.04. The molecule has 1 aromatic heterocycles. The van der Waals surface area contributed by atoms with Gasteiger partial charge in [-0.1, -0.05) is 35.3 Å². The van der Waals surface area contributed by atoms with Crippen LogP contribution in [0.1, 0.15) is 29.3 Å². The van der Waals surface area contributed by atoms with Gasteiger partial charge in [0.15, 0.2) is 0 Å². The van der Waals surface area contributed by atoms with Crippen LogP contribution < -0.4 is 9.47 Å². The highest BCUT2D eigenvalue weighted by atomic mass is 35.5. The second-order valence-electron chi connectivity index (χ2n) is 10.5. The molecule has 0 fully saturated rings. The van der Waals surface area contributed by atoms with Gasteiger partial charge in [-0.3, -0.25) is 9.80 Å². The van der Waals surface area contributed by atoms with Crippen molar-refractivity contribution in [2.75, 3.05) is 46.0 Å². The number of ether oxygens (including phenoxy) is 2. The third-order valence-corrected chi connectivity index (χ3v) is 8.05. The number of aliphatic hydroxyl groups excluding tert-OH is 3. The summed E-state index contributed by atoms with van der Waals surface area (Å²) in [6, 6.07) is 19.5. The van der Waals surface area contributed by atoms with Crippen LogP contribution in [-0.4, -0.2) is 88.3 Å². The Labute approximate surface area is 260 Å². The van der Waals surface area contributed by atoms with Crippen LogP contribution in [0.4, 0.5) is 4.79 Å². The number of rotatable bonds is 12. The van der Waals surface area contributed by atoms with E-state index in [0.717, 1.165) is 27.7 Å². The van der Waals surface area contributed by atoms with Crippen LogP contribution in [0.25, 0.3) is 10.9 Å². The summed E-state index contributed by atoms with van der Waals surface area (Å²) in [4.78, 5) is 20.5. The van der Waals surface area contributed by atoms with Crippen LogP contribution in [0.5, 0.6) is 11.5 Å². The second-order valence-corrected chi connectivity index (χ2v) is 11.4. The van der Waals surface area contributed by atoms with Crippen LogP contribution in [-0.2, 0) is 6.42 Å². The molecule has 2 unspecified atom stereocenters. The Morgan fingerprint density at radius 3 is 2.35 bits per heavy atom. The van der Waals surface area contributed by atoms with E-state index in [2.05, 4.69) is 4.98 Å². The van der Waals surface area contributed by atoms with Crippen molar-refractivity contribution < 1.29 is 29.6 Å². The molecule has 228 valence electrons. The number of hydrogen-bond acceptors (Lipinski definition) is 7. The van der Waals surface area contributed by atoms with E-state index in [1.54, 1.807) is 34.1 Å². The molecule has 0 spiro atoms. The quantitative estimate of drug-likeness (QED) is 0.174. The van der Waals surface area contributed by atoms with Gasteiger partial charge in [0.05, 0.1) is 25.9 Å². The maximum atomic E-state index is 13.5. The molecule has 4 aromatic rings. The van der Waals surface area contributed by atoms with E-state index in [4.69, 9.17) is 32.7 Å². The molecule has 5 rings (SSSR count). The lowest BCUT2D eigenvalue weighted by Gasteiger charge is -2.35. The van der Waals surface area contributed by atoms with Crippen molar-refractivity contribution in [1.82, 2.24) is 14.8 Å². The second kappa shape index (κ2) is 14.4. The van der Waals surface area contributed by atoms with Crippen molar-refractivity contribution in [1.29, 1.82) is 0 Å². The van der Waals surface area contributed by atoms with E-state index < -0.39 is 18.2 Å². The van der Waals surface area contributed by atoms with Gasteiger partial charge in [0.25, 0.3) is 0 Å². The lowest BCUT2D eigenvalue weighted by Crippen LogP contribution is -2.42. The molecule has 0 bridgehead atoms. The first kappa shape index (κ1) is 31.1. The molecular formula is C32H35Cl2N3O6. The number of nitrogens with one attached hydrogen (secondary N) is 1. The van der Waals surface area contributed by atoms with Gasteiger partial charge < -0.3 is 29.8 Å².